The van der Waals surface area contributed by atoms with Gasteiger partial charge in [-0.2, -0.15) is 11.8 Å². The molecule has 1 aromatic heterocycles. The summed E-state index contributed by atoms with van der Waals surface area (Å²) in [6, 6.07) is 6.20. The van der Waals surface area contributed by atoms with Gasteiger partial charge in [-0.05, 0) is 30.6 Å². The fraction of sp³-hybridized carbons (Fsp3) is 0.375. The first-order chi connectivity index (χ1) is 11.5. The Labute approximate surface area is 143 Å². The molecule has 0 saturated heterocycles. The number of amides is 1. The zero-order valence-electron chi connectivity index (χ0n) is 13.2. The summed E-state index contributed by atoms with van der Waals surface area (Å²) < 4.78 is 1.31. The molecule has 2 rings (SSSR count). The average Bonchev–Trinajstić information content (AvgIpc) is 2.57. The molecule has 1 aromatic carbocycles. The minimum Gasteiger partial charge on any atom is -0.550 e. The van der Waals surface area contributed by atoms with Crippen LogP contribution < -0.4 is 16.0 Å². The maximum atomic E-state index is 12.7. The maximum absolute atomic E-state index is 12.7. The summed E-state index contributed by atoms with van der Waals surface area (Å²) in [5.74, 6) is -0.956. The molecule has 0 unspecified atom stereocenters. The summed E-state index contributed by atoms with van der Waals surface area (Å²) in [5, 5.41) is 13.4. The van der Waals surface area contributed by atoms with Gasteiger partial charge in [-0.25, -0.2) is 4.98 Å². The van der Waals surface area contributed by atoms with Crippen LogP contribution in [0.5, 0.6) is 0 Å². The molecule has 0 aliphatic rings. The van der Waals surface area contributed by atoms with Crippen molar-refractivity contribution in [3.05, 3.63) is 40.9 Å². The molecular weight excluding hydrogens is 330 g/mol. The second kappa shape index (κ2) is 8.49. The number of nitrogens with one attached hydrogen (secondary N) is 1. The molecule has 24 heavy (non-hydrogen) atoms. The molecule has 1 amide bonds. The molecular formula is C16H18N3O4S-. The number of nitrogens with zero attached hydrogens (tertiary/aromatic N) is 2. The summed E-state index contributed by atoms with van der Waals surface area (Å²) in [6.07, 6.45) is 3.45. The normalized spacial score (nSPS) is 12.0. The quantitative estimate of drug-likeness (QED) is 0.717. The molecule has 1 N–H and O–H groups in total. The molecule has 0 saturated carbocycles. The summed E-state index contributed by atoms with van der Waals surface area (Å²) in [4.78, 5) is 39.7. The van der Waals surface area contributed by atoms with Crippen LogP contribution in [-0.4, -0.2) is 40.0 Å². The Morgan fingerprint density at radius 2 is 2.12 bits per heavy atom. The van der Waals surface area contributed by atoms with Gasteiger partial charge in [-0.1, -0.05) is 12.1 Å². The minimum atomic E-state index is -1.24. The Hall–Kier alpha value is -2.35. The number of aromatic nitrogens is 2. The van der Waals surface area contributed by atoms with Gasteiger partial charge in [0.1, 0.15) is 6.04 Å². The van der Waals surface area contributed by atoms with Crippen molar-refractivity contribution in [3.63, 3.8) is 0 Å². The van der Waals surface area contributed by atoms with Crippen LogP contribution in [0.15, 0.2) is 35.4 Å². The fourth-order valence-electron chi connectivity index (χ4n) is 2.34. The number of benzene rings is 1. The number of carboxylic acids is 1. The molecule has 0 bridgehead atoms. The van der Waals surface area contributed by atoms with E-state index >= 15 is 0 Å². The molecule has 1 heterocycles. The summed E-state index contributed by atoms with van der Waals surface area (Å²) in [6.45, 7) is -0.0350. The van der Waals surface area contributed by atoms with Gasteiger partial charge in [0, 0.05) is 18.9 Å². The van der Waals surface area contributed by atoms with Crippen LogP contribution in [0.3, 0.4) is 0 Å². The highest BCUT2D eigenvalue weighted by molar-refractivity contribution is 7.98. The summed E-state index contributed by atoms with van der Waals surface area (Å²) in [7, 11) is 0. The highest BCUT2D eigenvalue weighted by Gasteiger charge is 2.21. The van der Waals surface area contributed by atoms with Crippen LogP contribution in [-0.2, 0) is 9.59 Å². The van der Waals surface area contributed by atoms with Crippen LogP contribution in [0, 0.1) is 0 Å². The van der Waals surface area contributed by atoms with Crippen molar-refractivity contribution in [2.24, 2.45) is 0 Å². The van der Waals surface area contributed by atoms with Gasteiger partial charge in [-0.3, -0.25) is 14.2 Å². The third-order valence-corrected chi connectivity index (χ3v) is 4.20. The van der Waals surface area contributed by atoms with E-state index in [2.05, 4.69) is 10.3 Å². The van der Waals surface area contributed by atoms with Gasteiger partial charge >= 0.3 is 0 Å². The molecule has 0 fully saturated rings. The fourth-order valence-corrected chi connectivity index (χ4v) is 2.80. The molecule has 0 spiro atoms. The molecule has 0 aliphatic carbocycles. The van der Waals surface area contributed by atoms with E-state index in [-0.39, 0.29) is 18.5 Å². The summed E-state index contributed by atoms with van der Waals surface area (Å²) >= 11 is 1.56. The second-order valence-electron chi connectivity index (χ2n) is 5.18. The first-order valence-corrected chi connectivity index (χ1v) is 8.86. The van der Waals surface area contributed by atoms with E-state index in [4.69, 9.17) is 0 Å². The standard InChI is InChI=1S/C16H19N3O4S/c1-24-9-7-13(15(22)17-8-6-14(20)21)19-10-18-12-5-3-2-4-11(12)16(19)23/h2-5,10,13H,6-9H2,1H3,(H,17,22)(H,20,21)/p-1/t13-/m0/s1. The molecule has 128 valence electrons. The Bertz CT molecular complexity index is 790. The number of thioether (sulfide) groups is 1. The zero-order chi connectivity index (χ0) is 17.5. The van der Waals surface area contributed by atoms with E-state index in [0.717, 1.165) is 0 Å². The second-order valence-corrected chi connectivity index (χ2v) is 6.17. The van der Waals surface area contributed by atoms with Crippen molar-refractivity contribution in [1.29, 1.82) is 0 Å². The van der Waals surface area contributed by atoms with Gasteiger partial charge in [0.2, 0.25) is 5.91 Å². The maximum Gasteiger partial charge on any atom is 0.261 e. The van der Waals surface area contributed by atoms with E-state index in [1.165, 1.54) is 10.9 Å². The Morgan fingerprint density at radius 3 is 2.83 bits per heavy atom. The van der Waals surface area contributed by atoms with Crippen molar-refractivity contribution < 1.29 is 14.7 Å². The predicted molar refractivity (Wildman–Crippen MR) is 90.7 cm³/mol. The lowest BCUT2D eigenvalue weighted by molar-refractivity contribution is -0.305. The SMILES string of the molecule is CSCC[C@@H](C(=O)NCCC(=O)[O-])n1cnc2ccccc2c1=O. The Morgan fingerprint density at radius 1 is 1.38 bits per heavy atom. The van der Waals surface area contributed by atoms with Gasteiger partial charge < -0.3 is 15.2 Å². The van der Waals surface area contributed by atoms with Crippen LogP contribution in [0.2, 0.25) is 0 Å². The van der Waals surface area contributed by atoms with E-state index in [1.54, 1.807) is 36.0 Å². The van der Waals surface area contributed by atoms with Gasteiger partial charge in [0.15, 0.2) is 0 Å². The van der Waals surface area contributed by atoms with Crippen molar-refractivity contribution in [2.45, 2.75) is 18.9 Å². The van der Waals surface area contributed by atoms with Crippen molar-refractivity contribution in [2.75, 3.05) is 18.6 Å². The van der Waals surface area contributed by atoms with E-state index in [1.807, 2.05) is 6.26 Å². The molecule has 0 aliphatic heterocycles. The molecule has 7 nitrogen and oxygen atoms in total. The highest BCUT2D eigenvalue weighted by atomic mass is 32.2. The first kappa shape index (κ1) is 18.0. The lowest BCUT2D eigenvalue weighted by Crippen LogP contribution is -2.39. The number of para-hydroxylation sites is 1. The topological polar surface area (TPSA) is 104 Å². The highest BCUT2D eigenvalue weighted by Crippen LogP contribution is 2.14. The predicted octanol–water partition coefficient (Wildman–Crippen LogP) is -0.0531. The Balaban J connectivity index is 2.30. The number of carbonyl (C=O) groups is 2. The van der Waals surface area contributed by atoms with Gasteiger partial charge in [0.05, 0.1) is 17.2 Å². The molecule has 0 radical (unpaired) electrons. The summed E-state index contributed by atoms with van der Waals surface area (Å²) in [5.41, 5.74) is 0.279. The van der Waals surface area contributed by atoms with E-state index in [9.17, 15) is 19.5 Å². The minimum absolute atomic E-state index is 0.0350. The van der Waals surface area contributed by atoms with Crippen LogP contribution in [0.4, 0.5) is 0 Å². The molecule has 8 heteroatoms. The number of rotatable bonds is 8. The number of hydrogen-bond acceptors (Lipinski definition) is 6. The monoisotopic (exact) mass is 348 g/mol. The lowest BCUT2D eigenvalue weighted by Gasteiger charge is -2.19. The van der Waals surface area contributed by atoms with Crippen LogP contribution >= 0.6 is 11.8 Å². The molecule has 1 atom stereocenters. The molecule has 2 aromatic rings. The van der Waals surface area contributed by atoms with Crippen LogP contribution in [0.1, 0.15) is 18.9 Å². The smallest absolute Gasteiger partial charge is 0.261 e. The van der Waals surface area contributed by atoms with E-state index < -0.39 is 17.9 Å². The van der Waals surface area contributed by atoms with Crippen molar-refractivity contribution >= 4 is 34.5 Å². The van der Waals surface area contributed by atoms with Gasteiger partial charge in [0.25, 0.3) is 5.56 Å². The third kappa shape index (κ3) is 4.35. The van der Waals surface area contributed by atoms with E-state index in [0.29, 0.717) is 23.1 Å². The van der Waals surface area contributed by atoms with Crippen molar-refractivity contribution in [1.82, 2.24) is 14.9 Å². The Kier molecular flexibility index (Phi) is 6.36. The van der Waals surface area contributed by atoms with Gasteiger partial charge in [-0.15, -0.1) is 0 Å². The largest absolute Gasteiger partial charge is 0.550 e. The van der Waals surface area contributed by atoms with Crippen LogP contribution in [0.25, 0.3) is 10.9 Å². The number of fused-ring (bicyclic) bond motifs is 1. The third-order valence-electron chi connectivity index (χ3n) is 3.55. The van der Waals surface area contributed by atoms with Crippen molar-refractivity contribution in [3.8, 4) is 0 Å². The lowest BCUT2D eigenvalue weighted by atomic mass is 10.2. The zero-order valence-corrected chi connectivity index (χ0v) is 14.0. The average molecular weight is 348 g/mol. The number of aliphatic carboxylic acids is 1. The number of hydrogen-bond donors (Lipinski definition) is 1. The first-order valence-electron chi connectivity index (χ1n) is 7.47. The number of carbonyl (C=O) groups excluding carboxylic acids is 2. The number of carboxylic acid groups (broad SMARTS) is 1.